The van der Waals surface area contributed by atoms with E-state index in [1.165, 1.54) is 0 Å². The number of nitrogens with one attached hydrogen (secondary N) is 2. The maximum absolute atomic E-state index is 12.2. The molecule has 3 aromatic heterocycles. The van der Waals surface area contributed by atoms with Crippen LogP contribution in [0.15, 0.2) is 51.8 Å². The minimum atomic E-state index is -0.233. The molecule has 7 heteroatoms. The second-order valence-electron chi connectivity index (χ2n) is 6.00. The number of fused-ring (bicyclic) bond motifs is 1. The predicted octanol–water partition coefficient (Wildman–Crippen LogP) is 4.43. The van der Waals surface area contributed by atoms with E-state index in [-0.39, 0.29) is 5.91 Å². The van der Waals surface area contributed by atoms with Gasteiger partial charge in [0.15, 0.2) is 5.69 Å². The van der Waals surface area contributed by atoms with E-state index in [4.69, 9.17) is 16.1 Å². The fourth-order valence-electron chi connectivity index (χ4n) is 2.86. The van der Waals surface area contributed by atoms with Crippen LogP contribution in [0.25, 0.3) is 10.9 Å². The molecule has 26 heavy (non-hydrogen) atoms. The van der Waals surface area contributed by atoms with Crippen LogP contribution in [0, 0.1) is 0 Å². The predicted molar refractivity (Wildman–Crippen MR) is 103 cm³/mol. The lowest BCUT2D eigenvalue weighted by Gasteiger charge is -2.02. The molecule has 0 saturated carbocycles. The fourth-order valence-corrected chi connectivity index (χ4v) is 3.70. The molecule has 0 bridgehead atoms. The van der Waals surface area contributed by atoms with Crippen molar-refractivity contribution in [1.29, 1.82) is 0 Å². The van der Waals surface area contributed by atoms with E-state index in [0.717, 1.165) is 22.0 Å². The molecule has 0 spiro atoms. The molecule has 3 heterocycles. The van der Waals surface area contributed by atoms with E-state index >= 15 is 0 Å². The van der Waals surface area contributed by atoms with E-state index in [1.807, 2.05) is 35.8 Å². The average molecular weight is 386 g/mol. The molecule has 0 aliphatic carbocycles. The van der Waals surface area contributed by atoms with Gasteiger partial charge in [0.25, 0.3) is 5.91 Å². The van der Waals surface area contributed by atoms with Crippen LogP contribution in [-0.2, 0) is 12.8 Å². The highest BCUT2D eigenvalue weighted by Crippen LogP contribution is 2.22. The molecule has 0 radical (unpaired) electrons. The minimum absolute atomic E-state index is 0.233. The van der Waals surface area contributed by atoms with Gasteiger partial charge in [0, 0.05) is 41.2 Å². The Balaban J connectivity index is 1.35. The lowest BCUT2D eigenvalue weighted by Crippen LogP contribution is -2.25. The number of benzene rings is 1. The van der Waals surface area contributed by atoms with Crippen molar-refractivity contribution in [3.05, 3.63) is 74.9 Å². The first-order chi connectivity index (χ1) is 12.7. The number of rotatable bonds is 6. The summed E-state index contributed by atoms with van der Waals surface area (Å²) in [5, 5.41) is 12.6. The Morgan fingerprint density at radius 2 is 2.23 bits per heavy atom. The normalized spacial score (nSPS) is 11.1. The molecule has 0 aliphatic rings. The van der Waals surface area contributed by atoms with E-state index in [0.29, 0.717) is 35.9 Å². The highest BCUT2D eigenvalue weighted by Gasteiger charge is 2.13. The lowest BCUT2D eigenvalue weighted by molar-refractivity contribution is 0.0945. The summed E-state index contributed by atoms with van der Waals surface area (Å²) in [4.78, 5) is 15.5. The number of carbonyl (C=O) groups is 1. The number of aromatic nitrogens is 2. The Morgan fingerprint density at radius 3 is 3.08 bits per heavy atom. The van der Waals surface area contributed by atoms with Crippen molar-refractivity contribution in [3.8, 4) is 0 Å². The van der Waals surface area contributed by atoms with Gasteiger partial charge in [-0.05, 0) is 52.6 Å². The molecule has 4 aromatic rings. The van der Waals surface area contributed by atoms with Gasteiger partial charge in [-0.15, -0.1) is 0 Å². The van der Waals surface area contributed by atoms with Crippen molar-refractivity contribution in [1.82, 2.24) is 15.5 Å². The van der Waals surface area contributed by atoms with Gasteiger partial charge in [-0.2, -0.15) is 11.3 Å². The molecule has 0 atom stereocenters. The molecule has 5 nitrogen and oxygen atoms in total. The fraction of sp³-hybridized carbons (Fsp3) is 0.158. The zero-order valence-electron chi connectivity index (χ0n) is 13.8. The summed E-state index contributed by atoms with van der Waals surface area (Å²) < 4.78 is 5.26. The van der Waals surface area contributed by atoms with Crippen molar-refractivity contribution in [2.45, 2.75) is 12.8 Å². The molecule has 2 N–H and O–H groups in total. The topological polar surface area (TPSA) is 70.9 Å². The van der Waals surface area contributed by atoms with Gasteiger partial charge in [0.2, 0.25) is 0 Å². The van der Waals surface area contributed by atoms with Gasteiger partial charge < -0.3 is 14.8 Å². The van der Waals surface area contributed by atoms with Crippen molar-refractivity contribution in [2.75, 3.05) is 6.54 Å². The van der Waals surface area contributed by atoms with Crippen molar-refractivity contribution in [2.24, 2.45) is 0 Å². The largest absolute Gasteiger partial charge is 0.361 e. The van der Waals surface area contributed by atoms with E-state index in [1.54, 1.807) is 17.4 Å². The van der Waals surface area contributed by atoms with Crippen LogP contribution in [0.4, 0.5) is 0 Å². The molecule has 1 aromatic carbocycles. The number of amides is 1. The third-order valence-electron chi connectivity index (χ3n) is 4.16. The van der Waals surface area contributed by atoms with Gasteiger partial charge in [0.05, 0.1) is 0 Å². The van der Waals surface area contributed by atoms with Crippen molar-refractivity contribution < 1.29 is 9.32 Å². The molecule has 132 valence electrons. The Labute approximate surface area is 159 Å². The van der Waals surface area contributed by atoms with Crippen LogP contribution >= 0.6 is 22.9 Å². The number of halogens is 1. The first-order valence-electron chi connectivity index (χ1n) is 8.19. The third-order valence-corrected chi connectivity index (χ3v) is 5.13. The molecule has 0 unspecified atom stereocenters. The first kappa shape index (κ1) is 16.9. The van der Waals surface area contributed by atoms with Crippen molar-refractivity contribution in [3.63, 3.8) is 0 Å². The highest BCUT2D eigenvalue weighted by atomic mass is 35.5. The van der Waals surface area contributed by atoms with Crippen LogP contribution in [-0.4, -0.2) is 22.6 Å². The summed E-state index contributed by atoms with van der Waals surface area (Å²) >= 11 is 7.69. The highest BCUT2D eigenvalue weighted by molar-refractivity contribution is 7.07. The lowest BCUT2D eigenvalue weighted by atomic mass is 10.1. The van der Waals surface area contributed by atoms with Gasteiger partial charge in [-0.1, -0.05) is 16.8 Å². The van der Waals surface area contributed by atoms with Crippen LogP contribution in [0.2, 0.25) is 5.02 Å². The van der Waals surface area contributed by atoms with E-state index in [9.17, 15) is 4.79 Å². The summed E-state index contributed by atoms with van der Waals surface area (Å²) in [6, 6.07) is 9.45. The first-order valence-corrected chi connectivity index (χ1v) is 9.51. The second kappa shape index (κ2) is 7.35. The number of hydrogen-bond donors (Lipinski definition) is 2. The van der Waals surface area contributed by atoms with E-state index < -0.39 is 0 Å². The quantitative estimate of drug-likeness (QED) is 0.515. The molecule has 0 fully saturated rings. The number of carbonyl (C=O) groups excluding carboxylic acids is 1. The third kappa shape index (κ3) is 3.66. The van der Waals surface area contributed by atoms with Crippen LogP contribution in [0.3, 0.4) is 0 Å². The number of aromatic amines is 1. The Hall–Kier alpha value is -2.57. The maximum atomic E-state index is 12.2. The summed E-state index contributed by atoms with van der Waals surface area (Å²) in [6.07, 6.45) is 3.29. The number of thiophene rings is 1. The maximum Gasteiger partial charge on any atom is 0.273 e. The molecular weight excluding hydrogens is 370 g/mol. The SMILES string of the molecule is O=C(NCCc1c[nH]c2ccc(Cl)cc12)c1cc(Cc2ccsc2)on1. The second-order valence-corrected chi connectivity index (χ2v) is 7.21. The smallest absolute Gasteiger partial charge is 0.273 e. The Morgan fingerprint density at radius 1 is 1.31 bits per heavy atom. The Bertz CT molecular complexity index is 1040. The zero-order chi connectivity index (χ0) is 17.9. The van der Waals surface area contributed by atoms with E-state index in [2.05, 4.69) is 20.8 Å². The minimum Gasteiger partial charge on any atom is -0.361 e. The summed E-state index contributed by atoms with van der Waals surface area (Å²) in [7, 11) is 0. The number of hydrogen-bond acceptors (Lipinski definition) is 4. The van der Waals surface area contributed by atoms with Gasteiger partial charge in [-0.3, -0.25) is 4.79 Å². The van der Waals surface area contributed by atoms with Gasteiger partial charge in [0.1, 0.15) is 5.76 Å². The zero-order valence-corrected chi connectivity index (χ0v) is 15.4. The molecule has 1 amide bonds. The van der Waals surface area contributed by atoms with Crippen LogP contribution in [0.5, 0.6) is 0 Å². The van der Waals surface area contributed by atoms with Crippen LogP contribution < -0.4 is 5.32 Å². The average Bonchev–Trinajstić information content (AvgIpc) is 3.37. The van der Waals surface area contributed by atoms with Crippen LogP contribution in [0.1, 0.15) is 27.4 Å². The molecular formula is C19H16ClN3O2S. The van der Waals surface area contributed by atoms with Gasteiger partial charge >= 0.3 is 0 Å². The summed E-state index contributed by atoms with van der Waals surface area (Å²) in [6.45, 7) is 0.505. The van der Waals surface area contributed by atoms with Crippen molar-refractivity contribution >= 4 is 39.7 Å². The molecule has 0 saturated heterocycles. The summed E-state index contributed by atoms with van der Waals surface area (Å²) in [5.41, 5.74) is 3.60. The monoisotopic (exact) mass is 385 g/mol. The molecule has 0 aliphatic heterocycles. The van der Waals surface area contributed by atoms with Gasteiger partial charge in [-0.25, -0.2) is 0 Å². The Kier molecular flexibility index (Phi) is 4.77. The standard InChI is InChI=1S/C19H16ClN3O2S/c20-14-1-2-17-16(8-14)13(10-22-17)3-5-21-19(24)18-9-15(25-23-18)7-12-4-6-26-11-12/h1-2,4,6,8-11,22H,3,5,7H2,(H,21,24). The number of H-pyrrole nitrogens is 1. The summed E-state index contributed by atoms with van der Waals surface area (Å²) in [5.74, 6) is 0.447. The molecule has 4 rings (SSSR count). The number of nitrogens with zero attached hydrogens (tertiary/aromatic N) is 1.